The molecule has 2 heteroatoms. The minimum absolute atomic E-state index is 0.0308. The zero-order valence-corrected chi connectivity index (χ0v) is 13.8. The van der Waals surface area contributed by atoms with Gasteiger partial charge in [0.25, 0.3) is 8.32 Å². The molecule has 0 aromatic heterocycles. The van der Waals surface area contributed by atoms with Crippen molar-refractivity contribution in [2.24, 2.45) is 0 Å². The van der Waals surface area contributed by atoms with Gasteiger partial charge in [0.1, 0.15) is 0 Å². The van der Waals surface area contributed by atoms with E-state index in [0.717, 1.165) is 0 Å². The second-order valence-electron chi connectivity index (χ2n) is 5.78. The molecule has 0 saturated heterocycles. The second kappa shape index (κ2) is 5.99. The molecule has 1 aliphatic heterocycles. The Hall–Kier alpha value is -2.42. The monoisotopic (exact) mass is 314 g/mol. The average molecular weight is 314 g/mol. The Morgan fingerprint density at radius 1 is 0.609 bits per heavy atom. The summed E-state index contributed by atoms with van der Waals surface area (Å²) < 4.78 is 6.74. The molecule has 112 valence electrons. The summed E-state index contributed by atoms with van der Waals surface area (Å²) in [4.78, 5) is 0. The zero-order valence-electron chi connectivity index (χ0n) is 12.8. The maximum absolute atomic E-state index is 6.74. The van der Waals surface area contributed by atoms with Gasteiger partial charge < -0.3 is 4.43 Å². The molecule has 0 radical (unpaired) electrons. The van der Waals surface area contributed by atoms with Gasteiger partial charge in [-0.3, -0.25) is 0 Å². The first-order valence-corrected chi connectivity index (χ1v) is 9.90. The summed E-state index contributed by atoms with van der Waals surface area (Å²) in [5.74, 6) is 0. The summed E-state index contributed by atoms with van der Waals surface area (Å²) in [7, 11) is -2.31. The molecule has 0 fully saturated rings. The summed E-state index contributed by atoms with van der Waals surface area (Å²) in [6.45, 7) is 0. The standard InChI is InChI=1S/C21H18OSi/c1-4-10-18(11-5-1)21-16-17-23(22-21,19-12-6-2-7-13-19)20-14-8-3-9-15-20/h1-17,21H. The second-order valence-corrected chi connectivity index (χ2v) is 8.97. The summed E-state index contributed by atoms with van der Waals surface area (Å²) in [5, 5.41) is 2.58. The Morgan fingerprint density at radius 2 is 1.09 bits per heavy atom. The van der Waals surface area contributed by atoms with Crippen LogP contribution in [0.4, 0.5) is 0 Å². The van der Waals surface area contributed by atoms with E-state index in [2.05, 4.69) is 96.7 Å². The number of rotatable bonds is 3. The van der Waals surface area contributed by atoms with Crippen molar-refractivity contribution in [3.63, 3.8) is 0 Å². The van der Waals surface area contributed by atoms with Crippen molar-refractivity contribution in [2.75, 3.05) is 0 Å². The van der Waals surface area contributed by atoms with Crippen molar-refractivity contribution in [1.82, 2.24) is 0 Å². The summed E-state index contributed by atoms with van der Waals surface area (Å²) >= 11 is 0. The third kappa shape index (κ3) is 2.56. The van der Waals surface area contributed by atoms with Crippen LogP contribution in [0, 0.1) is 0 Å². The van der Waals surface area contributed by atoms with Crippen LogP contribution in [0.1, 0.15) is 11.7 Å². The summed E-state index contributed by atoms with van der Waals surface area (Å²) in [6, 6.07) is 31.7. The molecule has 1 nitrogen and oxygen atoms in total. The van der Waals surface area contributed by atoms with E-state index in [1.807, 2.05) is 6.07 Å². The van der Waals surface area contributed by atoms with E-state index in [0.29, 0.717) is 0 Å². The fraction of sp³-hybridized carbons (Fsp3) is 0.0476. The van der Waals surface area contributed by atoms with Gasteiger partial charge in [-0.2, -0.15) is 0 Å². The predicted molar refractivity (Wildman–Crippen MR) is 97.3 cm³/mol. The van der Waals surface area contributed by atoms with Gasteiger partial charge in [0.2, 0.25) is 0 Å². The molecule has 0 bridgehead atoms. The Balaban J connectivity index is 1.79. The minimum atomic E-state index is -2.31. The molecule has 0 spiro atoms. The fourth-order valence-electron chi connectivity index (χ4n) is 3.19. The maximum atomic E-state index is 6.74. The van der Waals surface area contributed by atoms with Gasteiger partial charge in [0.15, 0.2) is 0 Å². The molecule has 23 heavy (non-hydrogen) atoms. The van der Waals surface area contributed by atoms with Gasteiger partial charge in [-0.1, -0.05) is 103 Å². The Kier molecular flexibility index (Phi) is 3.70. The molecular formula is C21H18OSi. The summed E-state index contributed by atoms with van der Waals surface area (Å²) in [6.07, 6.45) is 2.25. The van der Waals surface area contributed by atoms with Crippen LogP contribution in [0.2, 0.25) is 0 Å². The highest BCUT2D eigenvalue weighted by Crippen LogP contribution is 2.30. The van der Waals surface area contributed by atoms with E-state index in [1.165, 1.54) is 15.9 Å². The molecule has 1 atom stereocenters. The lowest BCUT2D eigenvalue weighted by molar-refractivity contribution is 0.270. The van der Waals surface area contributed by atoms with E-state index in [4.69, 9.17) is 4.43 Å². The molecule has 0 saturated carbocycles. The molecule has 3 aromatic carbocycles. The minimum Gasteiger partial charge on any atom is -0.394 e. The Bertz CT molecular complexity index is 758. The highest BCUT2D eigenvalue weighted by atomic mass is 28.4. The lowest BCUT2D eigenvalue weighted by atomic mass is 10.1. The van der Waals surface area contributed by atoms with E-state index in [9.17, 15) is 0 Å². The molecule has 0 N–H and O–H groups in total. The molecule has 0 amide bonds. The van der Waals surface area contributed by atoms with Gasteiger partial charge in [-0.25, -0.2) is 0 Å². The SMILES string of the molecule is C1=C[Si](c2ccccc2)(c2ccccc2)OC1c1ccccc1. The van der Waals surface area contributed by atoms with Crippen molar-refractivity contribution in [2.45, 2.75) is 6.10 Å². The van der Waals surface area contributed by atoms with E-state index < -0.39 is 8.32 Å². The van der Waals surface area contributed by atoms with Crippen LogP contribution in [0.3, 0.4) is 0 Å². The highest BCUT2D eigenvalue weighted by Gasteiger charge is 2.42. The average Bonchev–Trinajstić information content (AvgIpc) is 3.11. The quantitative estimate of drug-likeness (QED) is 0.671. The first-order chi connectivity index (χ1) is 11.4. The van der Waals surface area contributed by atoms with Crippen LogP contribution in [-0.2, 0) is 4.43 Å². The number of hydrogen-bond acceptors (Lipinski definition) is 1. The van der Waals surface area contributed by atoms with Crippen LogP contribution < -0.4 is 10.4 Å². The molecule has 4 rings (SSSR count). The van der Waals surface area contributed by atoms with Crippen molar-refractivity contribution < 1.29 is 4.43 Å². The predicted octanol–water partition coefficient (Wildman–Crippen LogP) is 3.61. The largest absolute Gasteiger partial charge is 0.394 e. The smallest absolute Gasteiger partial charge is 0.281 e. The first kappa shape index (κ1) is 14.2. The lowest BCUT2D eigenvalue weighted by Crippen LogP contribution is -2.58. The molecule has 0 aliphatic carbocycles. The molecule has 1 unspecified atom stereocenters. The highest BCUT2D eigenvalue weighted by molar-refractivity contribution is 7.01. The van der Waals surface area contributed by atoms with E-state index >= 15 is 0 Å². The third-order valence-electron chi connectivity index (χ3n) is 4.35. The summed E-state index contributed by atoms with van der Waals surface area (Å²) in [5.41, 5.74) is 3.54. The third-order valence-corrected chi connectivity index (χ3v) is 8.02. The maximum Gasteiger partial charge on any atom is 0.281 e. The fourth-order valence-corrected chi connectivity index (χ4v) is 6.70. The van der Waals surface area contributed by atoms with Gasteiger partial charge in [-0.05, 0) is 15.9 Å². The zero-order chi connectivity index (χ0) is 15.5. The molecule has 3 aromatic rings. The van der Waals surface area contributed by atoms with Crippen molar-refractivity contribution >= 4 is 18.7 Å². The number of benzene rings is 3. The lowest BCUT2D eigenvalue weighted by Gasteiger charge is -2.28. The van der Waals surface area contributed by atoms with Gasteiger partial charge in [0.05, 0.1) is 6.10 Å². The van der Waals surface area contributed by atoms with E-state index in [-0.39, 0.29) is 6.10 Å². The van der Waals surface area contributed by atoms with Crippen molar-refractivity contribution in [1.29, 1.82) is 0 Å². The van der Waals surface area contributed by atoms with Gasteiger partial charge in [-0.15, -0.1) is 0 Å². The van der Waals surface area contributed by atoms with Gasteiger partial charge in [0, 0.05) is 0 Å². The van der Waals surface area contributed by atoms with Crippen LogP contribution in [-0.4, -0.2) is 8.32 Å². The molecule has 1 aliphatic rings. The van der Waals surface area contributed by atoms with E-state index in [1.54, 1.807) is 0 Å². The van der Waals surface area contributed by atoms with Crippen LogP contribution in [0.5, 0.6) is 0 Å². The van der Waals surface area contributed by atoms with Gasteiger partial charge >= 0.3 is 0 Å². The number of hydrogen-bond donors (Lipinski definition) is 0. The van der Waals surface area contributed by atoms with Crippen LogP contribution >= 0.6 is 0 Å². The van der Waals surface area contributed by atoms with Crippen molar-refractivity contribution in [3.05, 3.63) is 108 Å². The van der Waals surface area contributed by atoms with Crippen LogP contribution in [0.15, 0.2) is 103 Å². The first-order valence-electron chi connectivity index (χ1n) is 7.92. The Morgan fingerprint density at radius 3 is 1.61 bits per heavy atom. The topological polar surface area (TPSA) is 9.23 Å². The van der Waals surface area contributed by atoms with Crippen molar-refractivity contribution in [3.8, 4) is 0 Å². The molecular weight excluding hydrogens is 296 g/mol. The Labute approximate surface area is 138 Å². The normalized spacial score (nSPS) is 18.9. The molecule has 1 heterocycles. The van der Waals surface area contributed by atoms with Crippen LogP contribution in [0.25, 0.3) is 0 Å².